The molecule has 443 valence electrons. The summed E-state index contributed by atoms with van der Waals surface area (Å²) in [6, 6.07) is 24.1. The van der Waals surface area contributed by atoms with Crippen molar-refractivity contribution in [1.29, 1.82) is 0 Å². The monoisotopic (exact) mass is 1660 g/mol. The average molecular weight is 1660 g/mol. The van der Waals surface area contributed by atoms with E-state index in [0.717, 1.165) is 53.8 Å². The van der Waals surface area contributed by atoms with Crippen molar-refractivity contribution in [3.63, 3.8) is 0 Å². The van der Waals surface area contributed by atoms with Gasteiger partial charge in [-0.3, -0.25) is 51.9 Å². The number of carboxylic acid groups (broad SMARTS) is 2. The number of hydrogen-bond donors (Lipinski definition) is 4. The fourth-order valence-electron chi connectivity index (χ4n) is 6.40. The summed E-state index contributed by atoms with van der Waals surface area (Å²) < 4.78 is 65.5. The molecule has 0 spiro atoms. The number of aryl methyl sites for hydroxylation is 4. The van der Waals surface area contributed by atoms with Crippen LogP contribution in [0.2, 0.25) is 0 Å². The molecule has 0 aliphatic heterocycles. The van der Waals surface area contributed by atoms with Crippen molar-refractivity contribution in [2.75, 3.05) is 0 Å². The number of aromatic carboxylic acids is 2. The van der Waals surface area contributed by atoms with E-state index < -0.39 is 41.3 Å². The normalized spacial score (nSPS) is 10.4. The second-order valence-corrected chi connectivity index (χ2v) is 17.4. The Morgan fingerprint density at radius 2 is 0.963 bits per heavy atom. The maximum Gasteiger partial charge on any atom is 0.354 e. The number of benzene rings is 3. The molecule has 5 aromatic heterocycles. The second-order valence-electron chi connectivity index (χ2n) is 17.4. The Labute approximate surface area is 515 Å². The predicted molar refractivity (Wildman–Crippen MR) is 290 cm³/mol. The summed E-state index contributed by atoms with van der Waals surface area (Å²) in [5, 5.41) is 33.6. The number of rotatable bonds is 15. The number of unbranched alkanes of at least 4 members (excludes halogenated alkanes) is 7. The first-order chi connectivity index (χ1) is 37.8. The van der Waals surface area contributed by atoms with Gasteiger partial charge in [0.2, 0.25) is 0 Å². The zero-order chi connectivity index (χ0) is 58.1. The summed E-state index contributed by atoms with van der Waals surface area (Å²) in [5.74, 6) is -3.77. The van der Waals surface area contributed by atoms with Crippen LogP contribution in [0.15, 0.2) is 134 Å². The molecule has 0 aliphatic rings. The van der Waals surface area contributed by atoms with Gasteiger partial charge in [0.05, 0.1) is 29.3 Å². The van der Waals surface area contributed by atoms with Gasteiger partial charge in [-0.15, -0.1) is 48.0 Å². The summed E-state index contributed by atoms with van der Waals surface area (Å²) in [6.07, 6.45) is 24.9. The summed E-state index contributed by atoms with van der Waals surface area (Å²) in [7, 11) is 0. The van der Waals surface area contributed by atoms with Crippen molar-refractivity contribution < 1.29 is 112 Å². The van der Waals surface area contributed by atoms with E-state index in [9.17, 15) is 31.5 Å². The van der Waals surface area contributed by atoms with Gasteiger partial charge in [-0.05, 0) is 87.6 Å². The van der Waals surface area contributed by atoms with E-state index in [1.807, 2.05) is 13.8 Å². The third-order valence-corrected chi connectivity index (χ3v) is 10.3. The summed E-state index contributed by atoms with van der Waals surface area (Å²) in [5.41, 5.74) is 4.56. The number of allylic oxidation sites excluding steroid dienone is 1. The predicted octanol–water partition coefficient (Wildman–Crippen LogP) is 13.5. The molecular formula is C60H62F5Ir3N8O6-3. The fraction of sp³-hybridized carbons (Fsp3) is 0.267. The Morgan fingerprint density at radius 1 is 0.549 bits per heavy atom. The molecule has 14 nitrogen and oxygen atoms in total. The molecule has 0 aliphatic carbocycles. The van der Waals surface area contributed by atoms with Crippen LogP contribution in [0.25, 0.3) is 34.2 Å². The zero-order valence-electron chi connectivity index (χ0n) is 45.6. The molecule has 0 saturated carbocycles. The third kappa shape index (κ3) is 30.3. The number of halogens is 5. The van der Waals surface area contributed by atoms with Gasteiger partial charge < -0.3 is 20.4 Å². The second kappa shape index (κ2) is 42.1. The number of aliphatic hydroxyl groups excluding tert-OH is 2. The average Bonchev–Trinajstić information content (AvgIpc) is 3.44. The van der Waals surface area contributed by atoms with E-state index in [4.69, 9.17) is 20.4 Å². The molecule has 1 atom stereocenters. The Morgan fingerprint density at radius 3 is 1.30 bits per heavy atom. The van der Waals surface area contributed by atoms with Crippen molar-refractivity contribution in [3.05, 3.63) is 215 Å². The van der Waals surface area contributed by atoms with E-state index in [0.29, 0.717) is 17.0 Å². The van der Waals surface area contributed by atoms with Gasteiger partial charge in [0.15, 0.2) is 0 Å². The van der Waals surface area contributed by atoms with Crippen LogP contribution in [0.3, 0.4) is 0 Å². The summed E-state index contributed by atoms with van der Waals surface area (Å²) in [6.45, 7) is 10.8. The number of carboxylic acids is 2. The maximum absolute atomic E-state index is 13.7. The smallest absolute Gasteiger partial charge is 0.354 e. The number of nitrogens with zero attached hydrogens (tertiary/aromatic N) is 8. The van der Waals surface area contributed by atoms with Crippen molar-refractivity contribution in [2.24, 2.45) is 0 Å². The first kappa shape index (κ1) is 75.2. The molecule has 3 radical (unpaired) electrons. The van der Waals surface area contributed by atoms with Gasteiger partial charge in [-0.2, -0.15) is 0 Å². The van der Waals surface area contributed by atoms with E-state index in [1.165, 1.54) is 88.5 Å². The van der Waals surface area contributed by atoms with Crippen LogP contribution in [0.5, 0.6) is 0 Å². The van der Waals surface area contributed by atoms with Crippen molar-refractivity contribution >= 4 is 11.9 Å². The van der Waals surface area contributed by atoms with Gasteiger partial charge in [0.25, 0.3) is 0 Å². The standard InChI is InChI=1S/C20H25F2N2.C12H10FN2.C11H7F2N2.2C6H5NO2.C5H10O2.3Ir/c1-2-3-4-5-6-7-8-9-10-16-14-23-20(24-15-16)18-12-11-17(21)13-19(18)22;1-8-6-14-12(15-7-8)10-3-4-11(13)9(2)5-10;1-7-5-14-11(15-6-7)9-3-2-8(12)4-10(9)13;2*8-6(9)5-3-1-2-4-7-5;1-4(6)3-5(2)7;;;/h11,13-15H,2-10H2,1H3;4-7H,1-2H3;2,4-6H,1H3;2*1-4H,(H,8,9);3-4,6-7H,1-2H3;;;/q3*-1;;;;;;. The quantitative estimate of drug-likeness (QED) is 0.0325. The molecule has 82 heavy (non-hydrogen) atoms. The Hall–Kier alpha value is -6.76. The molecule has 1 unspecified atom stereocenters. The summed E-state index contributed by atoms with van der Waals surface area (Å²) >= 11 is 0. The van der Waals surface area contributed by atoms with Crippen LogP contribution < -0.4 is 0 Å². The van der Waals surface area contributed by atoms with Crippen LogP contribution in [-0.4, -0.2) is 78.3 Å². The molecular weight excluding hydrogens is 1600 g/mol. The minimum absolute atomic E-state index is 0. The van der Waals surface area contributed by atoms with Crippen molar-refractivity contribution in [2.45, 2.75) is 105 Å². The molecule has 5 heterocycles. The molecule has 8 rings (SSSR count). The van der Waals surface area contributed by atoms with Crippen molar-refractivity contribution in [1.82, 2.24) is 39.9 Å². The first-order valence-electron chi connectivity index (χ1n) is 24.9. The van der Waals surface area contributed by atoms with Gasteiger partial charge in [-0.1, -0.05) is 99.7 Å². The number of carbonyl (C=O) groups is 2. The van der Waals surface area contributed by atoms with Crippen LogP contribution in [0.1, 0.15) is 115 Å². The van der Waals surface area contributed by atoms with Crippen LogP contribution in [-0.2, 0) is 66.7 Å². The van der Waals surface area contributed by atoms with Crippen LogP contribution in [0.4, 0.5) is 22.0 Å². The van der Waals surface area contributed by atoms with E-state index >= 15 is 0 Å². The maximum atomic E-state index is 13.7. The Balaban J connectivity index is 0.00000100. The number of hydrogen-bond acceptors (Lipinski definition) is 12. The Kier molecular flexibility index (Phi) is 38.6. The SMILES string of the molecule is CC(O)=CC(C)O.CCCCCCCCCCc1cnc(-c2[c-]cc(F)cc2F)nc1.Cc1cnc(-c2[c-]cc(F)c(C)c2)nc1.Cc1cnc(-c2[c-]cc(F)cc2F)nc1.O=C(O)c1ccccn1.O=C(O)c1ccccn1.[Ir].[Ir].[Ir]. The third-order valence-electron chi connectivity index (χ3n) is 10.3. The minimum atomic E-state index is -0.990. The Bertz CT molecular complexity index is 3050. The van der Waals surface area contributed by atoms with Crippen LogP contribution in [0, 0.1) is 68.1 Å². The molecule has 0 saturated heterocycles. The number of aromatic nitrogens is 8. The molecule has 0 amide bonds. The van der Waals surface area contributed by atoms with E-state index in [1.54, 1.807) is 81.4 Å². The minimum Gasteiger partial charge on any atom is -0.513 e. The molecule has 4 N–H and O–H groups in total. The fourth-order valence-corrected chi connectivity index (χ4v) is 6.40. The van der Waals surface area contributed by atoms with Gasteiger partial charge in [0.1, 0.15) is 11.4 Å². The van der Waals surface area contributed by atoms with Crippen LogP contribution >= 0.6 is 0 Å². The molecule has 8 aromatic rings. The first-order valence-corrected chi connectivity index (χ1v) is 24.9. The number of aliphatic hydroxyl groups is 2. The van der Waals surface area contributed by atoms with Gasteiger partial charge >= 0.3 is 11.9 Å². The molecule has 22 heteroatoms. The largest absolute Gasteiger partial charge is 0.513 e. The molecule has 0 bridgehead atoms. The number of pyridine rings is 2. The molecule has 0 fully saturated rings. The zero-order valence-corrected chi connectivity index (χ0v) is 52.8. The molecule has 3 aromatic carbocycles. The van der Waals surface area contributed by atoms with Gasteiger partial charge in [-0.25, -0.2) is 19.6 Å². The van der Waals surface area contributed by atoms with Gasteiger partial charge in [0, 0.05) is 139 Å². The van der Waals surface area contributed by atoms with E-state index in [2.05, 4.69) is 65.0 Å². The van der Waals surface area contributed by atoms with Crippen molar-refractivity contribution in [3.8, 4) is 34.2 Å². The topological polar surface area (TPSA) is 218 Å². The van der Waals surface area contributed by atoms with E-state index in [-0.39, 0.29) is 106 Å². The summed E-state index contributed by atoms with van der Waals surface area (Å²) in [4.78, 5) is 52.0.